The predicted octanol–water partition coefficient (Wildman–Crippen LogP) is 5.36. The van der Waals surface area contributed by atoms with Gasteiger partial charge in [0.2, 0.25) is 0 Å². The first kappa shape index (κ1) is 31.3. The van der Waals surface area contributed by atoms with Crippen molar-refractivity contribution in [1.82, 2.24) is 19.4 Å². The molecule has 7 heterocycles. The molecule has 8 nitrogen and oxygen atoms in total. The molecule has 4 fully saturated rings. The lowest BCUT2D eigenvalue weighted by Crippen LogP contribution is -2.69. The molecule has 0 amide bonds. The number of para-hydroxylation sites is 1. The van der Waals surface area contributed by atoms with Gasteiger partial charge in [0, 0.05) is 84.6 Å². The molecule has 3 N–H and O–H groups in total. The van der Waals surface area contributed by atoms with Crippen molar-refractivity contribution in [3.05, 3.63) is 93.8 Å². The Kier molecular flexibility index (Phi) is 7.13. The minimum Gasteiger partial charge on any atom is -0.469 e. The third-order valence-corrected chi connectivity index (χ3v) is 13.6. The Hall–Kier alpha value is -3.69. The van der Waals surface area contributed by atoms with Crippen LogP contribution in [0.15, 0.2) is 65.8 Å². The van der Waals surface area contributed by atoms with Gasteiger partial charge in [-0.25, -0.2) is 0 Å². The van der Waals surface area contributed by atoms with Crippen LogP contribution in [-0.4, -0.2) is 81.5 Å². The lowest BCUT2D eigenvalue weighted by Gasteiger charge is -2.62. The molecule has 4 aromatic rings. The Morgan fingerprint density at radius 1 is 1.00 bits per heavy atom. The van der Waals surface area contributed by atoms with Gasteiger partial charge in [-0.05, 0) is 86.9 Å². The maximum absolute atomic E-state index is 13.7. The van der Waals surface area contributed by atoms with Gasteiger partial charge in [0.1, 0.15) is 0 Å². The maximum Gasteiger partial charge on any atom is 0.310 e. The van der Waals surface area contributed by atoms with Gasteiger partial charge in [0.25, 0.3) is 0 Å². The third kappa shape index (κ3) is 4.21. The van der Waals surface area contributed by atoms with Crippen LogP contribution in [0.3, 0.4) is 0 Å². The number of likely N-dealkylation sites (tertiary alicyclic amines) is 1. The van der Waals surface area contributed by atoms with Crippen molar-refractivity contribution >= 4 is 27.8 Å². The lowest BCUT2D eigenvalue weighted by atomic mass is 9.62. The predicted molar refractivity (Wildman–Crippen MR) is 191 cm³/mol. The Morgan fingerprint density at radius 2 is 1.76 bits per heavy atom. The quantitative estimate of drug-likeness (QED) is 0.202. The second-order valence-electron chi connectivity index (χ2n) is 15.5. The van der Waals surface area contributed by atoms with Gasteiger partial charge < -0.3 is 24.5 Å². The van der Waals surface area contributed by atoms with Crippen LogP contribution in [0.5, 0.6) is 0 Å². The second-order valence-corrected chi connectivity index (χ2v) is 15.5. The van der Waals surface area contributed by atoms with Crippen LogP contribution in [0.2, 0.25) is 0 Å². The lowest BCUT2D eigenvalue weighted by molar-refractivity contribution is -0.222. The molecule has 49 heavy (non-hydrogen) atoms. The molecule has 2 aromatic heterocycles. The number of nitrogens with zero attached hydrogens (tertiary/aromatic N) is 3. The second kappa shape index (κ2) is 11.2. The van der Waals surface area contributed by atoms with Gasteiger partial charge in [0.15, 0.2) is 5.72 Å². The number of esters is 1. The number of likely N-dealkylation sites (N-methyl/N-ethyl adjacent to an activating group) is 1. The van der Waals surface area contributed by atoms with E-state index >= 15 is 0 Å². The zero-order valence-electron chi connectivity index (χ0n) is 29.2. The van der Waals surface area contributed by atoms with E-state index in [4.69, 9.17) is 4.74 Å². The highest BCUT2D eigenvalue weighted by atomic mass is 16.5. The van der Waals surface area contributed by atoms with E-state index in [-0.39, 0.29) is 54.2 Å². The third-order valence-electron chi connectivity index (χ3n) is 13.6. The highest BCUT2D eigenvalue weighted by Gasteiger charge is 2.60. The molecular formula is C41H48N4O4. The summed E-state index contributed by atoms with van der Waals surface area (Å²) in [5, 5.41) is 25.6. The van der Waals surface area contributed by atoms with E-state index in [1.165, 1.54) is 51.4 Å². The number of nitrogens with one attached hydrogen (secondary N) is 1. The number of H-pyrrole nitrogens is 1. The SMILES string of the molecule is C/C=C1/CN2[C@H]3Cc4c(n(C)c5ccc(C6C[C@H]7/C(=C\C)CN(C)[C@@H](Cc8c6[nH]c6ccccc86)[C@H]7C(=O)OC)cc45)[C@]2(O)C[C@@H]1[C@H]3CO. The molecule has 5 aliphatic heterocycles. The summed E-state index contributed by atoms with van der Waals surface area (Å²) >= 11 is 0. The number of allylic oxidation sites excluding steroid dienone is 2. The fourth-order valence-corrected chi connectivity index (χ4v) is 11.3. The van der Waals surface area contributed by atoms with Crippen LogP contribution in [0, 0.1) is 23.7 Å². The molecule has 256 valence electrons. The molecule has 2 aromatic carbocycles. The van der Waals surface area contributed by atoms with Crippen LogP contribution in [0.4, 0.5) is 0 Å². The Labute approximate surface area is 288 Å². The number of aliphatic hydroxyl groups excluding tert-OH is 1. The highest BCUT2D eigenvalue weighted by molar-refractivity contribution is 5.89. The molecule has 0 spiro atoms. The van der Waals surface area contributed by atoms with Crippen LogP contribution in [0.1, 0.15) is 60.7 Å². The number of fused-ring (bicyclic) bond motifs is 9. The molecule has 8 heteroatoms. The topological polar surface area (TPSA) is 94.0 Å². The van der Waals surface area contributed by atoms with Gasteiger partial charge in [0.05, 0.1) is 18.7 Å². The first-order valence-corrected chi connectivity index (χ1v) is 18.1. The molecule has 9 atom stereocenters. The van der Waals surface area contributed by atoms with E-state index in [1.807, 2.05) is 0 Å². The van der Waals surface area contributed by atoms with Gasteiger partial charge in [-0.3, -0.25) is 14.6 Å². The fraction of sp³-hybridized carbons (Fsp3) is 0.488. The number of aryl methyl sites for hydroxylation is 1. The van der Waals surface area contributed by atoms with Crippen molar-refractivity contribution < 1.29 is 19.7 Å². The van der Waals surface area contributed by atoms with Crippen molar-refractivity contribution in [2.24, 2.45) is 30.7 Å². The number of methoxy groups -OCH3 is 1. The molecule has 1 aliphatic carbocycles. The van der Waals surface area contributed by atoms with E-state index in [1.54, 1.807) is 0 Å². The van der Waals surface area contributed by atoms with Crippen LogP contribution in [0.25, 0.3) is 21.8 Å². The average Bonchev–Trinajstić information content (AvgIpc) is 3.60. The van der Waals surface area contributed by atoms with Crippen molar-refractivity contribution in [3.8, 4) is 0 Å². The minimum atomic E-state index is -1.06. The number of ether oxygens (including phenoxy) is 1. The van der Waals surface area contributed by atoms with Gasteiger partial charge >= 0.3 is 5.97 Å². The number of aliphatic hydroxyl groups is 2. The number of piperidine rings is 4. The normalized spacial score (nSPS) is 35.4. The molecule has 2 unspecified atom stereocenters. The number of aromatic amines is 1. The van der Waals surface area contributed by atoms with Gasteiger partial charge in [-0.1, -0.05) is 47.6 Å². The summed E-state index contributed by atoms with van der Waals surface area (Å²) in [6.07, 6.45) is 7.39. The van der Waals surface area contributed by atoms with E-state index < -0.39 is 5.72 Å². The summed E-state index contributed by atoms with van der Waals surface area (Å²) in [6, 6.07) is 15.6. The minimum absolute atomic E-state index is 0.0347. The van der Waals surface area contributed by atoms with E-state index in [0.29, 0.717) is 6.42 Å². The summed E-state index contributed by atoms with van der Waals surface area (Å²) in [6.45, 7) is 5.91. The molecule has 0 saturated carbocycles. The monoisotopic (exact) mass is 660 g/mol. The van der Waals surface area contributed by atoms with Gasteiger partial charge in [-0.2, -0.15) is 0 Å². The first-order valence-electron chi connectivity index (χ1n) is 18.1. The number of carbonyl (C=O) groups excluding carboxylic acids is 1. The molecular weight excluding hydrogens is 612 g/mol. The van der Waals surface area contributed by atoms with Crippen molar-refractivity contribution in [2.45, 2.75) is 63.3 Å². The summed E-state index contributed by atoms with van der Waals surface area (Å²) in [5.74, 6) is 0.0000341. The first-order chi connectivity index (χ1) is 23.7. The van der Waals surface area contributed by atoms with Crippen LogP contribution in [-0.2, 0) is 35.1 Å². The van der Waals surface area contributed by atoms with E-state index in [2.05, 4.69) is 102 Å². The molecule has 10 rings (SSSR count). The highest BCUT2D eigenvalue weighted by Crippen LogP contribution is 2.57. The Balaban J connectivity index is 1.23. The van der Waals surface area contributed by atoms with E-state index in [9.17, 15) is 15.0 Å². The molecule has 6 bridgehead atoms. The van der Waals surface area contributed by atoms with Crippen molar-refractivity contribution in [3.63, 3.8) is 0 Å². The summed E-state index contributed by atoms with van der Waals surface area (Å²) in [7, 11) is 5.78. The Morgan fingerprint density at radius 3 is 2.51 bits per heavy atom. The number of aromatic nitrogens is 2. The summed E-state index contributed by atoms with van der Waals surface area (Å²) in [5.41, 5.74) is 9.82. The number of carbonyl (C=O) groups is 1. The molecule has 0 radical (unpaired) electrons. The van der Waals surface area contributed by atoms with Crippen LogP contribution < -0.4 is 0 Å². The van der Waals surface area contributed by atoms with Gasteiger partial charge in [-0.15, -0.1) is 0 Å². The fourth-order valence-electron chi connectivity index (χ4n) is 11.3. The van der Waals surface area contributed by atoms with Crippen LogP contribution >= 0.6 is 0 Å². The largest absolute Gasteiger partial charge is 0.469 e. The Bertz CT molecular complexity index is 2070. The summed E-state index contributed by atoms with van der Waals surface area (Å²) in [4.78, 5) is 22.2. The molecule has 4 saturated heterocycles. The van der Waals surface area contributed by atoms with E-state index in [0.717, 1.165) is 49.1 Å². The summed E-state index contributed by atoms with van der Waals surface area (Å²) < 4.78 is 7.76. The average molecular weight is 661 g/mol. The zero-order valence-corrected chi connectivity index (χ0v) is 29.2. The number of hydrogen-bond acceptors (Lipinski definition) is 6. The zero-order chi connectivity index (χ0) is 33.9. The van der Waals surface area contributed by atoms with Crippen molar-refractivity contribution in [2.75, 3.05) is 33.9 Å². The number of rotatable bonds is 3. The molecule has 6 aliphatic rings. The number of benzene rings is 2. The maximum atomic E-state index is 13.7. The standard InChI is InChI=1S/C41H48N4O4/c1-6-22-19-43(3)36-16-29-25-10-8-9-11-33(25)42-38(29)27(15-26(22)37(36)40(47)49-5)24-12-13-34-28(14-24)30-17-35-32(21-46)31-18-41(48,39(30)44(34)4)45(35)20-23(31)7-2/h6-14,26-27,31-32,35-37,42,46,48H,15-21H2,1-5H3/b22-6-,23-7-/t26-,27?,31-,32+,35-,36-,37-,41+/m0/s1. The number of hydrogen-bond donors (Lipinski definition) is 3. The smallest absolute Gasteiger partial charge is 0.310 e. The van der Waals surface area contributed by atoms with Crippen molar-refractivity contribution in [1.29, 1.82) is 0 Å².